The zero-order chi connectivity index (χ0) is 20.6. The number of halogens is 2. The van der Waals surface area contributed by atoms with Crippen LogP contribution in [0.15, 0.2) is 47.4 Å². The van der Waals surface area contributed by atoms with Crippen molar-refractivity contribution in [3.8, 4) is 11.5 Å². The van der Waals surface area contributed by atoms with Crippen LogP contribution in [0.1, 0.15) is 0 Å². The van der Waals surface area contributed by atoms with Crippen molar-refractivity contribution in [1.29, 1.82) is 0 Å². The average molecular weight is 457 g/mol. The fourth-order valence-corrected chi connectivity index (χ4v) is 5.47. The lowest BCUT2D eigenvalue weighted by molar-refractivity contribution is -0.142. The molecule has 1 unspecified atom stereocenters. The molecule has 10 heteroatoms. The Kier molecular flexibility index (Phi) is 5.61. The van der Waals surface area contributed by atoms with Gasteiger partial charge in [0.15, 0.2) is 11.5 Å². The van der Waals surface area contributed by atoms with Gasteiger partial charge >= 0.3 is 0 Å². The quantitative estimate of drug-likeness (QED) is 0.709. The molecule has 1 amide bonds. The minimum atomic E-state index is -3.81. The van der Waals surface area contributed by atoms with Gasteiger partial charge in [0.25, 0.3) is 5.91 Å². The average Bonchev–Trinajstić information content (AvgIpc) is 2.74. The van der Waals surface area contributed by atoms with Gasteiger partial charge < -0.3 is 14.4 Å². The highest BCUT2D eigenvalue weighted by Crippen LogP contribution is 2.32. The van der Waals surface area contributed by atoms with Crippen LogP contribution in [-0.2, 0) is 14.8 Å². The number of fused-ring (bicyclic) bond motifs is 1. The lowest BCUT2D eigenvalue weighted by atomic mass is 10.2. The molecule has 154 valence electrons. The lowest BCUT2D eigenvalue weighted by Gasteiger charge is -2.36. The Hall–Kier alpha value is -2.00. The predicted octanol–water partition coefficient (Wildman–Crippen LogP) is 2.67. The van der Waals surface area contributed by atoms with Crippen LogP contribution in [0.2, 0.25) is 10.0 Å². The van der Waals surface area contributed by atoms with Gasteiger partial charge in [0, 0.05) is 31.2 Å². The van der Waals surface area contributed by atoms with Gasteiger partial charge in [-0.25, -0.2) is 8.42 Å². The summed E-state index contributed by atoms with van der Waals surface area (Å²) in [4.78, 5) is 14.4. The monoisotopic (exact) mass is 456 g/mol. The van der Waals surface area contributed by atoms with E-state index in [0.29, 0.717) is 11.5 Å². The van der Waals surface area contributed by atoms with E-state index in [9.17, 15) is 13.2 Å². The zero-order valence-electron chi connectivity index (χ0n) is 15.3. The van der Waals surface area contributed by atoms with Crippen molar-refractivity contribution in [2.45, 2.75) is 11.0 Å². The molecule has 2 aliphatic rings. The molecule has 0 aromatic heterocycles. The minimum Gasteiger partial charge on any atom is -0.485 e. The molecule has 1 fully saturated rings. The highest BCUT2D eigenvalue weighted by atomic mass is 35.5. The Labute approximate surface area is 178 Å². The van der Waals surface area contributed by atoms with E-state index in [1.807, 2.05) is 6.07 Å². The van der Waals surface area contributed by atoms with Crippen LogP contribution in [0.4, 0.5) is 0 Å². The maximum atomic E-state index is 12.9. The van der Waals surface area contributed by atoms with Gasteiger partial charge in [-0.2, -0.15) is 4.31 Å². The van der Waals surface area contributed by atoms with Gasteiger partial charge in [-0.15, -0.1) is 0 Å². The van der Waals surface area contributed by atoms with Crippen LogP contribution in [0, 0.1) is 0 Å². The Morgan fingerprint density at radius 1 is 1.00 bits per heavy atom. The number of benzene rings is 2. The van der Waals surface area contributed by atoms with E-state index >= 15 is 0 Å². The van der Waals surface area contributed by atoms with Crippen molar-refractivity contribution in [3.05, 3.63) is 52.5 Å². The third-order valence-electron chi connectivity index (χ3n) is 4.85. The van der Waals surface area contributed by atoms with Crippen LogP contribution in [0.25, 0.3) is 0 Å². The summed E-state index contributed by atoms with van der Waals surface area (Å²) in [6.45, 7) is 0.921. The van der Waals surface area contributed by atoms with E-state index < -0.39 is 16.1 Å². The molecule has 0 spiro atoms. The summed E-state index contributed by atoms with van der Waals surface area (Å²) in [5.74, 6) is 0.900. The molecule has 0 bridgehead atoms. The highest BCUT2D eigenvalue weighted by molar-refractivity contribution is 7.89. The van der Waals surface area contributed by atoms with Crippen molar-refractivity contribution in [2.24, 2.45) is 0 Å². The fraction of sp³-hybridized carbons (Fsp3) is 0.316. The number of piperazine rings is 1. The predicted molar refractivity (Wildman–Crippen MR) is 108 cm³/mol. The number of amides is 1. The zero-order valence-corrected chi connectivity index (χ0v) is 17.6. The second-order valence-corrected chi connectivity index (χ2v) is 9.42. The first kappa shape index (κ1) is 20.3. The smallest absolute Gasteiger partial charge is 0.267 e. The third-order valence-corrected chi connectivity index (χ3v) is 7.46. The number of para-hydroxylation sites is 2. The molecule has 2 heterocycles. The normalized spacial score (nSPS) is 19.8. The molecular formula is C19H18Cl2N2O5S. The van der Waals surface area contributed by atoms with Gasteiger partial charge in [0.05, 0.1) is 5.02 Å². The lowest BCUT2D eigenvalue weighted by Crippen LogP contribution is -2.55. The van der Waals surface area contributed by atoms with E-state index in [0.717, 1.165) is 0 Å². The molecule has 29 heavy (non-hydrogen) atoms. The van der Waals surface area contributed by atoms with Gasteiger partial charge in [-0.05, 0) is 30.3 Å². The minimum absolute atomic E-state index is 0.0351. The van der Waals surface area contributed by atoms with Crippen LogP contribution in [0.3, 0.4) is 0 Å². The van der Waals surface area contributed by atoms with Crippen LogP contribution < -0.4 is 9.47 Å². The largest absolute Gasteiger partial charge is 0.485 e. The molecular weight excluding hydrogens is 439 g/mol. The Bertz CT molecular complexity index is 1040. The molecule has 1 saturated heterocycles. The summed E-state index contributed by atoms with van der Waals surface area (Å²) in [5, 5.41) is 0.399. The number of carbonyl (C=O) groups is 1. The van der Waals surface area contributed by atoms with E-state index in [-0.39, 0.29) is 53.6 Å². The molecule has 2 aromatic rings. The molecule has 2 aliphatic heterocycles. The summed E-state index contributed by atoms with van der Waals surface area (Å²) in [6, 6.07) is 11.5. The maximum absolute atomic E-state index is 12.9. The fourth-order valence-electron chi connectivity index (χ4n) is 3.31. The summed E-state index contributed by atoms with van der Waals surface area (Å²) >= 11 is 12.0. The van der Waals surface area contributed by atoms with Crippen molar-refractivity contribution < 1.29 is 22.7 Å². The molecule has 0 radical (unpaired) electrons. The van der Waals surface area contributed by atoms with Crippen molar-refractivity contribution in [3.63, 3.8) is 0 Å². The molecule has 0 saturated carbocycles. The molecule has 2 aromatic carbocycles. The number of hydrogen-bond acceptors (Lipinski definition) is 5. The second-order valence-electron chi connectivity index (χ2n) is 6.67. The molecule has 0 aliphatic carbocycles. The molecule has 7 nitrogen and oxygen atoms in total. The SMILES string of the molecule is O=C(C1COc2ccccc2O1)N1CCN(S(=O)(=O)c2cc(Cl)ccc2Cl)CC1. The van der Waals surface area contributed by atoms with Crippen LogP contribution in [-0.4, -0.2) is 62.4 Å². The Morgan fingerprint density at radius 2 is 1.69 bits per heavy atom. The van der Waals surface area contributed by atoms with Crippen molar-refractivity contribution in [2.75, 3.05) is 32.8 Å². The first-order chi connectivity index (χ1) is 13.9. The molecule has 4 rings (SSSR count). The van der Waals surface area contributed by atoms with Crippen molar-refractivity contribution >= 4 is 39.1 Å². The maximum Gasteiger partial charge on any atom is 0.267 e. The Balaban J connectivity index is 1.42. The van der Waals surface area contributed by atoms with Gasteiger partial charge in [0.1, 0.15) is 11.5 Å². The standard InChI is InChI=1S/C19H18Cl2N2O5S/c20-13-5-6-14(21)18(11-13)29(25,26)23-9-7-22(8-10-23)19(24)17-12-27-15-3-1-2-4-16(15)28-17/h1-6,11,17H,7-10,12H2. The van der Waals surface area contributed by atoms with E-state index in [2.05, 4.69) is 0 Å². The number of rotatable bonds is 3. The van der Waals surface area contributed by atoms with Gasteiger partial charge in [0.2, 0.25) is 16.1 Å². The number of ether oxygens (including phenoxy) is 2. The number of hydrogen-bond donors (Lipinski definition) is 0. The first-order valence-corrected chi connectivity index (χ1v) is 11.2. The Morgan fingerprint density at radius 3 is 2.41 bits per heavy atom. The molecule has 1 atom stereocenters. The van der Waals surface area contributed by atoms with E-state index in [4.69, 9.17) is 32.7 Å². The first-order valence-electron chi connectivity index (χ1n) is 8.99. The number of carbonyl (C=O) groups excluding carboxylic acids is 1. The summed E-state index contributed by atoms with van der Waals surface area (Å²) in [7, 11) is -3.81. The van der Waals surface area contributed by atoms with E-state index in [1.165, 1.54) is 22.5 Å². The van der Waals surface area contributed by atoms with Crippen molar-refractivity contribution in [1.82, 2.24) is 9.21 Å². The second kappa shape index (κ2) is 8.02. The number of sulfonamides is 1. The van der Waals surface area contributed by atoms with Gasteiger partial charge in [-0.3, -0.25) is 4.79 Å². The topological polar surface area (TPSA) is 76.2 Å². The van der Waals surface area contributed by atoms with Gasteiger partial charge in [-0.1, -0.05) is 35.3 Å². The molecule has 0 N–H and O–H groups in total. The van der Waals surface area contributed by atoms with Crippen LogP contribution >= 0.6 is 23.2 Å². The number of nitrogens with zero attached hydrogens (tertiary/aromatic N) is 2. The summed E-state index contributed by atoms with van der Waals surface area (Å²) in [5.41, 5.74) is 0. The highest BCUT2D eigenvalue weighted by Gasteiger charge is 2.36. The third kappa shape index (κ3) is 4.02. The van der Waals surface area contributed by atoms with E-state index in [1.54, 1.807) is 23.1 Å². The van der Waals surface area contributed by atoms with Crippen LogP contribution in [0.5, 0.6) is 11.5 Å². The summed E-state index contributed by atoms with van der Waals surface area (Å²) < 4.78 is 38.5. The summed E-state index contributed by atoms with van der Waals surface area (Å²) in [6.07, 6.45) is -0.754.